The van der Waals surface area contributed by atoms with Gasteiger partial charge in [-0.1, -0.05) is 65.3 Å². The molecule has 194 valence electrons. The molecule has 0 unspecified atom stereocenters. The molecule has 0 aromatic heterocycles. The number of nitrogens with one attached hydrogen (secondary N) is 1. The van der Waals surface area contributed by atoms with E-state index in [4.69, 9.17) is 14.3 Å². The molecule has 0 atom stereocenters. The van der Waals surface area contributed by atoms with E-state index in [0.717, 1.165) is 54.0 Å². The van der Waals surface area contributed by atoms with Crippen LogP contribution in [0.3, 0.4) is 0 Å². The number of nitrogens with zero attached hydrogens (tertiary/aromatic N) is 1. The second-order valence-electron chi connectivity index (χ2n) is 9.59. The van der Waals surface area contributed by atoms with E-state index in [2.05, 4.69) is 53.8 Å². The lowest BCUT2D eigenvalue weighted by atomic mass is 10.0. The number of hydrogen-bond acceptors (Lipinski definition) is 5. The Morgan fingerprint density at radius 3 is 2.46 bits per heavy atom. The van der Waals surface area contributed by atoms with E-state index in [1.165, 1.54) is 5.56 Å². The van der Waals surface area contributed by atoms with Gasteiger partial charge in [0.15, 0.2) is 6.61 Å². The highest BCUT2D eigenvalue weighted by atomic mass is 16.6. The molecule has 1 fully saturated rings. The molecule has 1 aliphatic rings. The predicted molar refractivity (Wildman–Crippen MR) is 146 cm³/mol. The summed E-state index contributed by atoms with van der Waals surface area (Å²) in [7, 11) is 0. The Morgan fingerprint density at radius 1 is 0.973 bits per heavy atom. The van der Waals surface area contributed by atoms with Gasteiger partial charge < -0.3 is 19.6 Å². The molecule has 1 heterocycles. The van der Waals surface area contributed by atoms with Gasteiger partial charge >= 0.3 is 0 Å². The van der Waals surface area contributed by atoms with Crippen molar-refractivity contribution >= 4 is 11.6 Å². The summed E-state index contributed by atoms with van der Waals surface area (Å²) in [5.41, 5.74) is 6.17. The highest BCUT2D eigenvalue weighted by Gasteiger charge is 2.15. The number of rotatable bonds is 11. The minimum absolute atomic E-state index is 0.00592. The molecule has 1 N–H and O–H groups in total. The van der Waals surface area contributed by atoms with Crippen LogP contribution in [0.1, 0.15) is 40.7 Å². The Morgan fingerprint density at radius 2 is 1.73 bits per heavy atom. The van der Waals surface area contributed by atoms with E-state index in [-0.39, 0.29) is 12.5 Å². The summed E-state index contributed by atoms with van der Waals surface area (Å²) < 4.78 is 11.2. The van der Waals surface area contributed by atoms with E-state index in [9.17, 15) is 4.79 Å². The normalized spacial score (nSPS) is 14.3. The number of amides is 1. The standard InChI is InChI=1S/C31H36N2O4/c1-23-8-10-27(11-9-23)21-37-33-29(19-25-6-4-3-5-7-25)28-12-13-30(24(2)18-28)36-22-31(34)32-20-26-14-16-35-17-15-26/h3-13,18,26H,14-17,19-22H2,1-2H3,(H,32,34)/b33-29+. The molecule has 6 heteroatoms. The molecule has 3 aromatic rings. The largest absolute Gasteiger partial charge is 0.484 e. The van der Waals surface area contributed by atoms with E-state index in [1.807, 2.05) is 43.3 Å². The van der Waals surface area contributed by atoms with Gasteiger partial charge in [-0.3, -0.25) is 4.79 Å². The molecule has 1 saturated heterocycles. The summed E-state index contributed by atoms with van der Waals surface area (Å²) in [5, 5.41) is 7.51. The van der Waals surface area contributed by atoms with Crippen molar-refractivity contribution in [2.45, 2.75) is 39.7 Å². The molecule has 0 aliphatic carbocycles. The molecule has 0 saturated carbocycles. The van der Waals surface area contributed by atoms with Gasteiger partial charge in [0.1, 0.15) is 12.4 Å². The van der Waals surface area contributed by atoms with Crippen molar-refractivity contribution < 1.29 is 19.1 Å². The number of benzene rings is 3. The first kappa shape index (κ1) is 26.4. The molecule has 6 nitrogen and oxygen atoms in total. The Bertz CT molecular complexity index is 1170. The van der Waals surface area contributed by atoms with Gasteiger partial charge in [-0.25, -0.2) is 0 Å². The summed E-state index contributed by atoms with van der Waals surface area (Å²) in [6.07, 6.45) is 2.62. The van der Waals surface area contributed by atoms with E-state index in [0.29, 0.717) is 31.2 Å². The first-order valence-electron chi connectivity index (χ1n) is 12.9. The quantitative estimate of drug-likeness (QED) is 0.283. The zero-order valence-electron chi connectivity index (χ0n) is 21.7. The van der Waals surface area contributed by atoms with Gasteiger partial charge in [-0.15, -0.1) is 0 Å². The highest BCUT2D eigenvalue weighted by Crippen LogP contribution is 2.21. The number of oxime groups is 1. The summed E-state index contributed by atoms with van der Waals surface area (Å²) in [6.45, 7) is 6.66. The molecular weight excluding hydrogens is 464 g/mol. The van der Waals surface area contributed by atoms with Crippen molar-refractivity contribution in [3.8, 4) is 5.75 Å². The van der Waals surface area contributed by atoms with Crippen LogP contribution < -0.4 is 10.1 Å². The number of carbonyl (C=O) groups is 1. The average Bonchev–Trinajstić information content (AvgIpc) is 2.93. The highest BCUT2D eigenvalue weighted by molar-refractivity contribution is 6.01. The molecular formula is C31H36N2O4. The Hall–Kier alpha value is -3.64. The molecule has 3 aromatic carbocycles. The van der Waals surface area contributed by atoms with Crippen LogP contribution in [0, 0.1) is 19.8 Å². The Balaban J connectivity index is 1.38. The van der Waals surface area contributed by atoms with Gasteiger partial charge in [0.2, 0.25) is 0 Å². The molecule has 1 amide bonds. The summed E-state index contributed by atoms with van der Waals surface area (Å²) in [4.78, 5) is 18.1. The molecule has 0 spiro atoms. The first-order chi connectivity index (χ1) is 18.1. The third kappa shape index (κ3) is 8.46. The lowest BCUT2D eigenvalue weighted by Crippen LogP contribution is -2.35. The maximum absolute atomic E-state index is 12.3. The molecule has 4 rings (SSSR count). The lowest BCUT2D eigenvalue weighted by Gasteiger charge is -2.22. The number of hydrogen-bond donors (Lipinski definition) is 1. The maximum Gasteiger partial charge on any atom is 0.257 e. The number of carbonyl (C=O) groups excluding carboxylic acids is 1. The van der Waals surface area contributed by atoms with Crippen LogP contribution in [0.15, 0.2) is 78.0 Å². The number of aryl methyl sites for hydroxylation is 2. The fourth-order valence-corrected chi connectivity index (χ4v) is 4.24. The zero-order valence-corrected chi connectivity index (χ0v) is 21.7. The summed E-state index contributed by atoms with van der Waals surface area (Å²) in [5.74, 6) is 1.06. The van der Waals surface area contributed by atoms with E-state index in [1.54, 1.807) is 0 Å². The van der Waals surface area contributed by atoms with Crippen LogP contribution in [0.4, 0.5) is 0 Å². The minimum atomic E-state index is -0.106. The van der Waals surface area contributed by atoms with E-state index >= 15 is 0 Å². The van der Waals surface area contributed by atoms with Gasteiger partial charge in [-0.2, -0.15) is 0 Å². The van der Waals surface area contributed by atoms with E-state index < -0.39 is 0 Å². The zero-order chi connectivity index (χ0) is 25.9. The van der Waals surface area contributed by atoms with Crippen LogP contribution in [-0.4, -0.2) is 38.0 Å². The van der Waals surface area contributed by atoms with Gasteiger partial charge in [0.05, 0.1) is 5.71 Å². The molecule has 1 aliphatic heterocycles. The van der Waals surface area contributed by atoms with Gasteiger partial charge in [0, 0.05) is 31.7 Å². The van der Waals surface area contributed by atoms with Gasteiger partial charge in [-0.05, 0) is 67.5 Å². The van der Waals surface area contributed by atoms with Gasteiger partial charge in [0.25, 0.3) is 5.91 Å². The van der Waals surface area contributed by atoms with Crippen LogP contribution in [0.5, 0.6) is 5.75 Å². The van der Waals surface area contributed by atoms with Crippen molar-refractivity contribution in [2.75, 3.05) is 26.4 Å². The third-order valence-electron chi connectivity index (χ3n) is 6.54. The Labute approximate surface area is 219 Å². The first-order valence-corrected chi connectivity index (χ1v) is 12.9. The molecule has 0 bridgehead atoms. The summed E-state index contributed by atoms with van der Waals surface area (Å²) in [6, 6.07) is 24.4. The van der Waals surface area contributed by atoms with Crippen LogP contribution in [-0.2, 0) is 27.4 Å². The minimum Gasteiger partial charge on any atom is -0.484 e. The molecule has 0 radical (unpaired) electrons. The SMILES string of the molecule is Cc1ccc(CO/N=C(\Cc2ccccc2)c2ccc(OCC(=O)NCC3CCOCC3)c(C)c2)cc1. The fraction of sp³-hybridized carbons (Fsp3) is 0.355. The van der Waals surface area contributed by atoms with Crippen molar-refractivity contribution in [1.29, 1.82) is 0 Å². The van der Waals surface area contributed by atoms with Crippen molar-refractivity contribution in [1.82, 2.24) is 5.32 Å². The topological polar surface area (TPSA) is 69.2 Å². The molecule has 37 heavy (non-hydrogen) atoms. The average molecular weight is 501 g/mol. The second-order valence-corrected chi connectivity index (χ2v) is 9.59. The van der Waals surface area contributed by atoms with Crippen LogP contribution in [0.2, 0.25) is 0 Å². The van der Waals surface area contributed by atoms with Crippen molar-refractivity contribution in [2.24, 2.45) is 11.1 Å². The second kappa shape index (κ2) is 13.6. The Kier molecular flexibility index (Phi) is 9.72. The third-order valence-corrected chi connectivity index (χ3v) is 6.54. The fourth-order valence-electron chi connectivity index (χ4n) is 4.24. The number of ether oxygens (including phenoxy) is 2. The maximum atomic E-state index is 12.3. The smallest absolute Gasteiger partial charge is 0.257 e. The van der Waals surface area contributed by atoms with Crippen molar-refractivity contribution in [3.05, 3.63) is 101 Å². The van der Waals surface area contributed by atoms with Crippen LogP contribution in [0.25, 0.3) is 0 Å². The lowest BCUT2D eigenvalue weighted by molar-refractivity contribution is -0.123. The van der Waals surface area contributed by atoms with Crippen molar-refractivity contribution in [3.63, 3.8) is 0 Å². The summed E-state index contributed by atoms with van der Waals surface area (Å²) >= 11 is 0. The van der Waals surface area contributed by atoms with Crippen LogP contribution >= 0.6 is 0 Å². The predicted octanol–water partition coefficient (Wildman–Crippen LogP) is 5.39. The monoisotopic (exact) mass is 500 g/mol.